The number of rotatable bonds is 7. The number of aromatic nitrogens is 1. The molecule has 2 amide bonds. The Bertz CT molecular complexity index is 1020. The largest absolute Gasteiger partial charge is 0.348 e. The van der Waals surface area contributed by atoms with Crippen LogP contribution in [0, 0.1) is 0 Å². The van der Waals surface area contributed by atoms with E-state index < -0.39 is 0 Å². The summed E-state index contributed by atoms with van der Waals surface area (Å²) in [7, 11) is 0. The van der Waals surface area contributed by atoms with Gasteiger partial charge in [0.2, 0.25) is 5.91 Å². The van der Waals surface area contributed by atoms with E-state index in [0.29, 0.717) is 12.0 Å². The molecule has 1 aromatic heterocycles. The summed E-state index contributed by atoms with van der Waals surface area (Å²) in [6.07, 6.45) is 8.68. The number of nitrogens with one attached hydrogen (secondary N) is 1. The predicted octanol–water partition coefficient (Wildman–Crippen LogP) is 4.91. The van der Waals surface area contributed by atoms with Gasteiger partial charge in [-0.2, -0.15) is 0 Å². The molecular weight excluding hydrogens is 405 g/mol. The summed E-state index contributed by atoms with van der Waals surface area (Å²) in [6, 6.07) is 10.3. The van der Waals surface area contributed by atoms with Gasteiger partial charge in [0, 0.05) is 32.4 Å². The molecule has 5 nitrogen and oxygen atoms in total. The number of hydrogen-bond acceptors (Lipinski definition) is 3. The third-order valence-corrected chi connectivity index (χ3v) is 5.47. The van der Waals surface area contributed by atoms with Gasteiger partial charge in [-0.15, -0.1) is 0 Å². The molecule has 168 valence electrons. The zero-order valence-corrected chi connectivity index (χ0v) is 18.9. The lowest BCUT2D eigenvalue weighted by atomic mass is 9.99. The number of hydrogen-bond donors (Lipinski definition) is 1. The zero-order chi connectivity index (χ0) is 23.1. The lowest BCUT2D eigenvalue weighted by Gasteiger charge is -2.23. The van der Waals surface area contributed by atoms with E-state index in [2.05, 4.69) is 34.6 Å². The van der Waals surface area contributed by atoms with Crippen molar-refractivity contribution in [2.24, 2.45) is 0 Å². The minimum absolute atomic E-state index is 0.110. The SMILES string of the molecule is CC(=O)N1CCCC1c1ccc(Cc2cncc(C(=O)NC/C=C(\F)C=C(C)C)c2)cc1. The molecule has 1 saturated heterocycles. The Morgan fingerprint density at radius 1 is 1.16 bits per heavy atom. The number of pyridine rings is 1. The first-order valence-electron chi connectivity index (χ1n) is 10.9. The first kappa shape index (κ1) is 23.4. The highest BCUT2D eigenvalue weighted by Crippen LogP contribution is 2.32. The van der Waals surface area contributed by atoms with Gasteiger partial charge in [0.25, 0.3) is 5.91 Å². The van der Waals surface area contributed by atoms with Gasteiger partial charge in [-0.25, -0.2) is 4.39 Å². The Hall–Kier alpha value is -3.28. The quantitative estimate of drug-likeness (QED) is 0.629. The molecule has 2 aromatic rings. The summed E-state index contributed by atoms with van der Waals surface area (Å²) in [5.74, 6) is -0.543. The zero-order valence-electron chi connectivity index (χ0n) is 18.9. The molecule has 1 N–H and O–H groups in total. The van der Waals surface area contributed by atoms with Crippen LogP contribution in [-0.2, 0) is 11.2 Å². The van der Waals surface area contributed by atoms with E-state index >= 15 is 0 Å². The second-order valence-electron chi connectivity index (χ2n) is 8.39. The summed E-state index contributed by atoms with van der Waals surface area (Å²) < 4.78 is 13.6. The number of carbonyl (C=O) groups is 2. The summed E-state index contributed by atoms with van der Waals surface area (Å²) in [4.78, 5) is 30.3. The Morgan fingerprint density at radius 2 is 1.91 bits per heavy atom. The van der Waals surface area contributed by atoms with E-state index in [-0.39, 0.29) is 30.2 Å². The minimum Gasteiger partial charge on any atom is -0.348 e. The van der Waals surface area contributed by atoms with Gasteiger partial charge >= 0.3 is 0 Å². The predicted molar refractivity (Wildman–Crippen MR) is 124 cm³/mol. The van der Waals surface area contributed by atoms with Crippen molar-refractivity contribution in [1.29, 1.82) is 0 Å². The molecule has 0 bridgehead atoms. The summed E-state index contributed by atoms with van der Waals surface area (Å²) in [5.41, 5.74) is 4.48. The number of allylic oxidation sites excluding steroid dienone is 3. The van der Waals surface area contributed by atoms with Gasteiger partial charge in [-0.3, -0.25) is 14.6 Å². The first-order valence-corrected chi connectivity index (χ1v) is 10.9. The van der Waals surface area contributed by atoms with Crippen molar-refractivity contribution in [3.63, 3.8) is 0 Å². The summed E-state index contributed by atoms with van der Waals surface area (Å²) in [6.45, 7) is 6.18. The molecule has 6 heteroatoms. The number of nitrogens with zero attached hydrogens (tertiary/aromatic N) is 2. The van der Waals surface area contributed by atoms with Gasteiger partial charge in [0.05, 0.1) is 11.6 Å². The molecule has 0 saturated carbocycles. The second-order valence-corrected chi connectivity index (χ2v) is 8.39. The van der Waals surface area contributed by atoms with Crippen LogP contribution in [0.1, 0.15) is 66.7 Å². The molecule has 0 spiro atoms. The highest BCUT2D eigenvalue weighted by atomic mass is 19.1. The van der Waals surface area contributed by atoms with Crippen LogP contribution in [-0.4, -0.2) is 34.8 Å². The monoisotopic (exact) mass is 435 g/mol. The van der Waals surface area contributed by atoms with E-state index in [4.69, 9.17) is 0 Å². The van der Waals surface area contributed by atoms with Gasteiger partial charge in [-0.05, 0) is 68.0 Å². The maximum absolute atomic E-state index is 13.6. The first-order chi connectivity index (χ1) is 15.3. The molecule has 1 aliphatic rings. The van der Waals surface area contributed by atoms with Gasteiger partial charge < -0.3 is 10.2 Å². The Kier molecular flexibility index (Phi) is 7.92. The van der Waals surface area contributed by atoms with Crippen LogP contribution in [0.4, 0.5) is 4.39 Å². The molecule has 0 radical (unpaired) electrons. The van der Waals surface area contributed by atoms with Gasteiger partial charge in [0.15, 0.2) is 0 Å². The molecule has 0 aliphatic carbocycles. The van der Waals surface area contributed by atoms with Crippen LogP contribution in [0.2, 0.25) is 0 Å². The van der Waals surface area contributed by atoms with Crippen molar-refractivity contribution in [2.45, 2.75) is 46.1 Å². The average molecular weight is 436 g/mol. The van der Waals surface area contributed by atoms with Crippen molar-refractivity contribution in [3.05, 3.63) is 88.5 Å². The number of halogens is 1. The molecule has 1 unspecified atom stereocenters. The van der Waals surface area contributed by atoms with Crippen LogP contribution in [0.5, 0.6) is 0 Å². The Morgan fingerprint density at radius 3 is 2.59 bits per heavy atom. The highest BCUT2D eigenvalue weighted by molar-refractivity contribution is 5.94. The number of likely N-dealkylation sites (tertiary alicyclic amines) is 1. The molecule has 32 heavy (non-hydrogen) atoms. The standard InChI is InChI=1S/C26H30FN3O2/c1-18(2)13-24(27)10-11-29-26(32)23-15-21(16-28-17-23)14-20-6-8-22(9-7-20)25-5-4-12-30(25)19(3)31/h6-10,13,15-17,25H,4-5,11-12,14H2,1-3H3,(H,29,32)/b24-10-. The topological polar surface area (TPSA) is 62.3 Å². The highest BCUT2D eigenvalue weighted by Gasteiger charge is 2.27. The fraction of sp³-hybridized carbons (Fsp3) is 0.346. The van der Waals surface area contributed by atoms with Crippen molar-refractivity contribution in [2.75, 3.05) is 13.1 Å². The fourth-order valence-electron chi connectivity index (χ4n) is 3.97. The molecule has 1 fully saturated rings. The van der Waals surface area contributed by atoms with E-state index in [1.807, 2.05) is 18.7 Å². The lowest BCUT2D eigenvalue weighted by molar-refractivity contribution is -0.129. The van der Waals surface area contributed by atoms with Crippen LogP contribution >= 0.6 is 0 Å². The van der Waals surface area contributed by atoms with Crippen LogP contribution in [0.3, 0.4) is 0 Å². The van der Waals surface area contributed by atoms with Crippen LogP contribution in [0.25, 0.3) is 0 Å². The average Bonchev–Trinajstić information content (AvgIpc) is 3.24. The van der Waals surface area contributed by atoms with Crippen molar-refractivity contribution in [1.82, 2.24) is 15.2 Å². The second kappa shape index (κ2) is 10.8. The molecule has 1 aliphatic heterocycles. The van der Waals surface area contributed by atoms with Gasteiger partial charge in [-0.1, -0.05) is 29.8 Å². The smallest absolute Gasteiger partial charge is 0.253 e. The van der Waals surface area contributed by atoms with E-state index in [9.17, 15) is 14.0 Å². The molecule has 3 rings (SSSR count). The molecule has 1 aromatic carbocycles. The maximum Gasteiger partial charge on any atom is 0.253 e. The van der Waals surface area contributed by atoms with Crippen molar-refractivity contribution in [3.8, 4) is 0 Å². The third kappa shape index (κ3) is 6.36. The lowest BCUT2D eigenvalue weighted by Crippen LogP contribution is -2.27. The van der Waals surface area contributed by atoms with E-state index in [1.165, 1.54) is 18.3 Å². The number of carbonyl (C=O) groups excluding carboxylic acids is 2. The van der Waals surface area contributed by atoms with Crippen molar-refractivity contribution < 1.29 is 14.0 Å². The summed E-state index contributed by atoms with van der Waals surface area (Å²) >= 11 is 0. The van der Waals surface area contributed by atoms with Crippen LogP contribution < -0.4 is 5.32 Å². The fourth-order valence-corrected chi connectivity index (χ4v) is 3.97. The Labute approximate surface area is 189 Å². The minimum atomic E-state index is -0.371. The van der Waals surface area contributed by atoms with Crippen LogP contribution in [0.15, 0.2) is 66.3 Å². The molecule has 2 heterocycles. The van der Waals surface area contributed by atoms with Gasteiger partial charge in [0.1, 0.15) is 5.83 Å². The number of benzene rings is 1. The molecule has 1 atom stereocenters. The summed E-state index contributed by atoms with van der Waals surface area (Å²) in [5, 5.41) is 2.69. The maximum atomic E-state index is 13.6. The third-order valence-electron chi connectivity index (χ3n) is 5.47. The number of amides is 2. The van der Waals surface area contributed by atoms with E-state index in [1.54, 1.807) is 19.2 Å². The molecular formula is C26H30FN3O2. The van der Waals surface area contributed by atoms with Crippen molar-refractivity contribution >= 4 is 11.8 Å². The Balaban J connectivity index is 1.61. The normalized spacial score (nSPS) is 16.1. The van der Waals surface area contributed by atoms with E-state index in [0.717, 1.165) is 41.6 Å².